The molecule has 0 bridgehead atoms. The first-order valence-corrected chi connectivity index (χ1v) is 8.21. The fourth-order valence-electron chi connectivity index (χ4n) is 3.36. The van der Waals surface area contributed by atoms with E-state index in [1.807, 2.05) is 20.9 Å². The van der Waals surface area contributed by atoms with E-state index in [0.29, 0.717) is 25.0 Å². The summed E-state index contributed by atoms with van der Waals surface area (Å²) in [5.41, 5.74) is 5.37. The van der Waals surface area contributed by atoms with Crippen molar-refractivity contribution in [2.45, 2.75) is 64.0 Å². The zero-order valence-corrected chi connectivity index (χ0v) is 13.8. The molecular weight excluding hydrogens is 262 g/mol. The molecule has 120 valence electrons. The third kappa shape index (κ3) is 4.72. The highest BCUT2D eigenvalue weighted by molar-refractivity contribution is 5.79. The Bertz CT molecular complexity index is 371. The van der Waals surface area contributed by atoms with E-state index in [9.17, 15) is 4.79 Å². The molecule has 0 aromatic heterocycles. The average molecular weight is 293 g/mol. The quantitative estimate of drug-likeness (QED) is 0.703. The van der Waals surface area contributed by atoms with Gasteiger partial charge in [-0.25, -0.2) is 0 Å². The molecule has 21 heavy (non-hydrogen) atoms. The van der Waals surface area contributed by atoms with Gasteiger partial charge >= 0.3 is 0 Å². The van der Waals surface area contributed by atoms with Crippen molar-refractivity contribution in [3.05, 3.63) is 0 Å². The first-order chi connectivity index (χ1) is 10.0. The molecule has 2 unspecified atom stereocenters. The highest BCUT2D eigenvalue weighted by Gasteiger charge is 2.30. The summed E-state index contributed by atoms with van der Waals surface area (Å²) in [6, 6.07) is 0.415. The van der Waals surface area contributed by atoms with Crippen LogP contribution in [-0.4, -0.2) is 42.5 Å². The molecule has 1 aliphatic rings. The topological polar surface area (TPSA) is 58.4 Å². The highest BCUT2D eigenvalue weighted by atomic mass is 16.2. The van der Waals surface area contributed by atoms with Crippen LogP contribution in [0.15, 0.2) is 0 Å². The summed E-state index contributed by atoms with van der Waals surface area (Å²) < 4.78 is 0. The molecule has 0 aromatic carbocycles. The number of hydrogen-bond acceptors (Lipinski definition) is 3. The Balaban J connectivity index is 2.59. The van der Waals surface area contributed by atoms with Crippen LogP contribution in [0.2, 0.25) is 0 Å². The van der Waals surface area contributed by atoms with Crippen LogP contribution in [0.5, 0.6) is 0 Å². The number of rotatable bonds is 7. The van der Waals surface area contributed by atoms with Crippen LogP contribution in [0, 0.1) is 18.3 Å². The molecular formula is C17H31N3O. The van der Waals surface area contributed by atoms with Crippen LogP contribution in [0.3, 0.4) is 0 Å². The number of amides is 1. The summed E-state index contributed by atoms with van der Waals surface area (Å²) in [5, 5.41) is 3.03. The van der Waals surface area contributed by atoms with E-state index < -0.39 is 5.54 Å². The molecule has 1 fully saturated rings. The number of terminal acetylenes is 1. The first-order valence-electron chi connectivity index (χ1n) is 8.21. The zero-order chi connectivity index (χ0) is 15.9. The third-order valence-corrected chi connectivity index (χ3v) is 4.99. The van der Waals surface area contributed by atoms with Gasteiger partial charge in [0.1, 0.15) is 5.54 Å². The van der Waals surface area contributed by atoms with Crippen LogP contribution in [0.4, 0.5) is 0 Å². The Morgan fingerprint density at radius 2 is 2.00 bits per heavy atom. The molecule has 0 radical (unpaired) electrons. The molecule has 4 nitrogen and oxygen atoms in total. The monoisotopic (exact) mass is 293 g/mol. The summed E-state index contributed by atoms with van der Waals surface area (Å²) in [6.45, 7) is 5.12. The molecule has 0 saturated heterocycles. The van der Waals surface area contributed by atoms with Gasteiger partial charge in [0.05, 0.1) is 6.54 Å². The molecule has 0 spiro atoms. The van der Waals surface area contributed by atoms with Crippen molar-refractivity contribution in [2.75, 3.05) is 20.1 Å². The SMILES string of the molecule is C#CC(CC)(CC)NC(=O)CN(C)C1CCCCC1CN. The molecule has 1 amide bonds. The normalized spacial score (nSPS) is 22.9. The Morgan fingerprint density at radius 3 is 2.52 bits per heavy atom. The third-order valence-electron chi connectivity index (χ3n) is 4.99. The molecule has 0 heterocycles. The maximum atomic E-state index is 12.3. The van der Waals surface area contributed by atoms with Gasteiger partial charge in [-0.15, -0.1) is 6.42 Å². The van der Waals surface area contributed by atoms with E-state index >= 15 is 0 Å². The second kappa shape index (κ2) is 8.41. The van der Waals surface area contributed by atoms with E-state index in [1.54, 1.807) is 0 Å². The van der Waals surface area contributed by atoms with Gasteiger partial charge in [-0.1, -0.05) is 32.6 Å². The Kier molecular flexibility index (Phi) is 7.21. The van der Waals surface area contributed by atoms with Gasteiger partial charge < -0.3 is 11.1 Å². The summed E-state index contributed by atoms with van der Waals surface area (Å²) in [7, 11) is 2.02. The van der Waals surface area contributed by atoms with Crippen molar-refractivity contribution in [2.24, 2.45) is 11.7 Å². The number of hydrogen-bond donors (Lipinski definition) is 2. The van der Waals surface area contributed by atoms with Crippen LogP contribution in [-0.2, 0) is 4.79 Å². The van der Waals surface area contributed by atoms with Crippen LogP contribution < -0.4 is 11.1 Å². The van der Waals surface area contributed by atoms with Crippen molar-refractivity contribution in [1.82, 2.24) is 10.2 Å². The molecule has 1 rings (SSSR count). The second-order valence-corrected chi connectivity index (χ2v) is 6.24. The molecule has 3 N–H and O–H groups in total. The van der Waals surface area contributed by atoms with E-state index in [0.717, 1.165) is 19.3 Å². The van der Waals surface area contributed by atoms with E-state index in [4.69, 9.17) is 12.2 Å². The standard InChI is InChI=1S/C17H31N3O/c1-5-17(6-2,7-3)19-16(21)13-20(4)15-11-9-8-10-14(15)12-18/h1,14-15H,6-13,18H2,2-4H3,(H,19,21). The maximum Gasteiger partial charge on any atom is 0.235 e. The van der Waals surface area contributed by atoms with Crippen molar-refractivity contribution < 1.29 is 4.79 Å². The van der Waals surface area contributed by atoms with Crippen molar-refractivity contribution >= 4 is 5.91 Å². The predicted octanol–water partition coefficient (Wildman–Crippen LogP) is 1.74. The minimum Gasteiger partial charge on any atom is -0.339 e. The fourth-order valence-corrected chi connectivity index (χ4v) is 3.36. The lowest BCUT2D eigenvalue weighted by Gasteiger charge is -2.38. The molecule has 4 heteroatoms. The zero-order valence-electron chi connectivity index (χ0n) is 13.8. The minimum atomic E-state index is -0.502. The number of likely N-dealkylation sites (N-methyl/N-ethyl adjacent to an activating group) is 1. The number of nitrogens with zero attached hydrogens (tertiary/aromatic N) is 1. The van der Waals surface area contributed by atoms with Gasteiger partial charge in [0.15, 0.2) is 0 Å². The number of nitrogens with one attached hydrogen (secondary N) is 1. The summed E-state index contributed by atoms with van der Waals surface area (Å²) in [5.74, 6) is 3.27. The van der Waals surface area contributed by atoms with Gasteiger partial charge in [-0.3, -0.25) is 9.69 Å². The van der Waals surface area contributed by atoms with Crippen LogP contribution >= 0.6 is 0 Å². The second-order valence-electron chi connectivity index (χ2n) is 6.24. The van der Waals surface area contributed by atoms with Gasteiger partial charge in [0.2, 0.25) is 5.91 Å². The van der Waals surface area contributed by atoms with Crippen LogP contribution in [0.1, 0.15) is 52.4 Å². The molecule has 0 aliphatic heterocycles. The van der Waals surface area contributed by atoms with Crippen molar-refractivity contribution in [3.8, 4) is 12.3 Å². The van der Waals surface area contributed by atoms with Crippen molar-refractivity contribution in [3.63, 3.8) is 0 Å². The Hall–Kier alpha value is -1.05. The highest BCUT2D eigenvalue weighted by Crippen LogP contribution is 2.27. The summed E-state index contributed by atoms with van der Waals surface area (Å²) >= 11 is 0. The lowest BCUT2D eigenvalue weighted by Crippen LogP contribution is -2.52. The summed E-state index contributed by atoms with van der Waals surface area (Å²) in [6.07, 6.45) is 11.9. The van der Waals surface area contributed by atoms with Gasteiger partial charge in [0.25, 0.3) is 0 Å². The van der Waals surface area contributed by atoms with E-state index in [1.165, 1.54) is 19.3 Å². The van der Waals surface area contributed by atoms with Crippen LogP contribution in [0.25, 0.3) is 0 Å². The van der Waals surface area contributed by atoms with E-state index in [-0.39, 0.29) is 5.91 Å². The number of carbonyl (C=O) groups is 1. The Morgan fingerprint density at radius 1 is 1.38 bits per heavy atom. The Labute approximate surface area is 129 Å². The fraction of sp³-hybridized carbons (Fsp3) is 0.824. The smallest absolute Gasteiger partial charge is 0.235 e. The molecule has 2 atom stereocenters. The first kappa shape index (κ1) is 18.0. The molecule has 1 aliphatic carbocycles. The van der Waals surface area contributed by atoms with Gasteiger partial charge in [0, 0.05) is 6.04 Å². The average Bonchev–Trinajstić information content (AvgIpc) is 2.52. The van der Waals surface area contributed by atoms with E-state index in [2.05, 4.69) is 16.1 Å². The molecule has 0 aromatic rings. The van der Waals surface area contributed by atoms with Crippen molar-refractivity contribution in [1.29, 1.82) is 0 Å². The molecule has 1 saturated carbocycles. The number of carbonyl (C=O) groups excluding carboxylic acids is 1. The summed E-state index contributed by atoms with van der Waals surface area (Å²) in [4.78, 5) is 14.5. The van der Waals surface area contributed by atoms with Gasteiger partial charge in [-0.05, 0) is 45.2 Å². The maximum absolute atomic E-state index is 12.3. The number of nitrogens with two attached hydrogens (primary N) is 1. The predicted molar refractivity (Wildman–Crippen MR) is 87.7 cm³/mol. The lowest BCUT2D eigenvalue weighted by atomic mass is 9.83. The lowest BCUT2D eigenvalue weighted by molar-refractivity contribution is -0.124. The minimum absolute atomic E-state index is 0.0143. The van der Waals surface area contributed by atoms with Gasteiger partial charge in [-0.2, -0.15) is 0 Å². The largest absolute Gasteiger partial charge is 0.339 e.